The molecule has 0 aliphatic carbocycles. The highest BCUT2D eigenvalue weighted by atomic mass is 35.5. The van der Waals surface area contributed by atoms with Crippen molar-refractivity contribution in [3.8, 4) is 0 Å². The summed E-state index contributed by atoms with van der Waals surface area (Å²) in [5, 5.41) is 8.08. The van der Waals surface area contributed by atoms with Gasteiger partial charge in [0, 0.05) is 35.8 Å². The van der Waals surface area contributed by atoms with Crippen LogP contribution in [0.25, 0.3) is 0 Å². The maximum atomic E-state index is 13.7. The van der Waals surface area contributed by atoms with Gasteiger partial charge in [-0.05, 0) is 18.2 Å². The van der Waals surface area contributed by atoms with Gasteiger partial charge in [0.15, 0.2) is 0 Å². The fourth-order valence-corrected chi connectivity index (χ4v) is 2.29. The van der Waals surface area contributed by atoms with Crippen molar-refractivity contribution in [1.29, 1.82) is 0 Å². The smallest absolute Gasteiger partial charge is 0.146 e. The summed E-state index contributed by atoms with van der Waals surface area (Å²) in [6, 6.07) is 4.48. The largest absolute Gasteiger partial charge is 0.378 e. The van der Waals surface area contributed by atoms with E-state index >= 15 is 0 Å². The first kappa shape index (κ1) is 14.9. The number of nitrogens with zero attached hydrogens (tertiary/aromatic N) is 2. The van der Waals surface area contributed by atoms with E-state index in [0.717, 1.165) is 11.3 Å². The van der Waals surface area contributed by atoms with E-state index in [4.69, 9.17) is 11.6 Å². The maximum absolute atomic E-state index is 13.7. The zero-order valence-corrected chi connectivity index (χ0v) is 12.9. The molecule has 0 saturated carbocycles. The van der Waals surface area contributed by atoms with E-state index in [1.165, 1.54) is 12.1 Å². The van der Waals surface area contributed by atoms with Gasteiger partial charge in [0.25, 0.3) is 0 Å². The topological polar surface area (TPSA) is 29.9 Å². The highest BCUT2D eigenvalue weighted by Crippen LogP contribution is 2.26. The van der Waals surface area contributed by atoms with Crippen LogP contribution in [0.15, 0.2) is 24.4 Å². The highest BCUT2D eigenvalue weighted by Gasteiger charge is 2.21. The summed E-state index contributed by atoms with van der Waals surface area (Å²) in [6.45, 7) is 6.84. The number of benzene rings is 1. The van der Waals surface area contributed by atoms with Crippen LogP contribution in [0.1, 0.15) is 32.0 Å². The Hall–Kier alpha value is -1.55. The molecule has 0 aliphatic heterocycles. The molecular weight excluding hydrogens is 277 g/mol. The average molecular weight is 296 g/mol. The molecule has 0 aliphatic rings. The number of hydrogen-bond donors (Lipinski definition) is 1. The van der Waals surface area contributed by atoms with E-state index in [1.807, 2.05) is 13.2 Å². The molecule has 0 radical (unpaired) electrons. The third-order valence-corrected chi connectivity index (χ3v) is 3.25. The van der Waals surface area contributed by atoms with E-state index in [0.29, 0.717) is 17.3 Å². The quantitative estimate of drug-likeness (QED) is 0.923. The third-order valence-electron chi connectivity index (χ3n) is 3.01. The van der Waals surface area contributed by atoms with Crippen LogP contribution in [0.4, 0.5) is 10.1 Å². The van der Waals surface area contributed by atoms with Gasteiger partial charge < -0.3 is 5.32 Å². The summed E-state index contributed by atoms with van der Waals surface area (Å²) in [7, 11) is 1.89. The van der Waals surface area contributed by atoms with Crippen molar-refractivity contribution in [2.24, 2.45) is 7.05 Å². The molecule has 1 aromatic heterocycles. The molecule has 1 aromatic carbocycles. The van der Waals surface area contributed by atoms with Crippen LogP contribution in [0, 0.1) is 5.82 Å². The van der Waals surface area contributed by atoms with E-state index < -0.39 is 0 Å². The van der Waals surface area contributed by atoms with Crippen LogP contribution in [-0.4, -0.2) is 9.78 Å². The zero-order valence-electron chi connectivity index (χ0n) is 12.2. The van der Waals surface area contributed by atoms with Gasteiger partial charge in [0.05, 0.1) is 11.4 Å². The zero-order chi connectivity index (χ0) is 14.9. The minimum absolute atomic E-state index is 0.0504. The standard InChI is InChI=1S/C15H19ClFN3/c1-15(2,3)14-10(9-20(4)19-14)8-18-13-7-11(16)5-6-12(13)17/h5-7,9,18H,8H2,1-4H3. The van der Waals surface area contributed by atoms with Crippen LogP contribution in [0.5, 0.6) is 0 Å². The van der Waals surface area contributed by atoms with Gasteiger partial charge in [0.2, 0.25) is 0 Å². The minimum atomic E-state index is -0.310. The average Bonchev–Trinajstić information content (AvgIpc) is 2.72. The van der Waals surface area contributed by atoms with Gasteiger partial charge in [-0.3, -0.25) is 4.68 Å². The van der Waals surface area contributed by atoms with E-state index in [1.54, 1.807) is 10.7 Å². The molecule has 0 unspecified atom stereocenters. The van der Waals surface area contributed by atoms with Crippen LogP contribution < -0.4 is 5.32 Å². The van der Waals surface area contributed by atoms with E-state index in [2.05, 4.69) is 31.2 Å². The summed E-state index contributed by atoms with van der Waals surface area (Å²) in [5.74, 6) is -0.310. The Morgan fingerprint density at radius 1 is 1.35 bits per heavy atom. The molecule has 0 bridgehead atoms. The Morgan fingerprint density at radius 2 is 2.05 bits per heavy atom. The molecule has 0 spiro atoms. The summed E-state index contributed by atoms with van der Waals surface area (Å²) in [6.07, 6.45) is 1.95. The van der Waals surface area contributed by atoms with Gasteiger partial charge in [-0.2, -0.15) is 5.10 Å². The lowest BCUT2D eigenvalue weighted by Gasteiger charge is -2.18. The van der Waals surface area contributed by atoms with Gasteiger partial charge in [-0.15, -0.1) is 0 Å². The number of aromatic nitrogens is 2. The number of nitrogens with one attached hydrogen (secondary N) is 1. The molecule has 0 fully saturated rings. The first-order chi connectivity index (χ1) is 9.27. The number of anilines is 1. The third kappa shape index (κ3) is 3.31. The van der Waals surface area contributed by atoms with Crippen LogP contribution >= 0.6 is 11.6 Å². The second-order valence-electron chi connectivity index (χ2n) is 5.90. The molecule has 0 atom stereocenters. The van der Waals surface area contributed by atoms with Crippen LogP contribution in [0.2, 0.25) is 5.02 Å². The number of aryl methyl sites for hydroxylation is 1. The predicted molar refractivity (Wildman–Crippen MR) is 80.6 cm³/mol. The Bertz CT molecular complexity index is 614. The Labute approximate surface area is 123 Å². The Kier molecular flexibility index (Phi) is 4.04. The Balaban J connectivity index is 2.21. The molecule has 108 valence electrons. The monoisotopic (exact) mass is 295 g/mol. The van der Waals surface area contributed by atoms with Crippen molar-refractivity contribution >= 4 is 17.3 Å². The molecule has 2 rings (SSSR count). The van der Waals surface area contributed by atoms with E-state index in [9.17, 15) is 4.39 Å². The van der Waals surface area contributed by atoms with Crippen LogP contribution in [-0.2, 0) is 19.0 Å². The molecule has 0 saturated heterocycles. The molecule has 0 amide bonds. The van der Waals surface area contributed by atoms with Gasteiger partial charge in [0.1, 0.15) is 5.82 Å². The number of hydrogen-bond acceptors (Lipinski definition) is 2. The molecule has 1 N–H and O–H groups in total. The lowest BCUT2D eigenvalue weighted by Crippen LogP contribution is -2.16. The van der Waals surface area contributed by atoms with Crippen molar-refractivity contribution in [2.75, 3.05) is 5.32 Å². The summed E-state index contributed by atoms with van der Waals surface area (Å²) >= 11 is 5.88. The van der Waals surface area contributed by atoms with Crippen molar-refractivity contribution in [1.82, 2.24) is 9.78 Å². The SMILES string of the molecule is Cn1cc(CNc2cc(Cl)ccc2F)c(C(C)(C)C)n1. The summed E-state index contributed by atoms with van der Waals surface area (Å²) < 4.78 is 15.5. The molecule has 3 nitrogen and oxygen atoms in total. The number of rotatable bonds is 3. The lowest BCUT2D eigenvalue weighted by molar-refractivity contribution is 0.549. The fourth-order valence-electron chi connectivity index (χ4n) is 2.12. The Morgan fingerprint density at radius 3 is 2.70 bits per heavy atom. The molecule has 1 heterocycles. The second-order valence-corrected chi connectivity index (χ2v) is 6.34. The van der Waals surface area contributed by atoms with Crippen molar-refractivity contribution in [3.05, 3.63) is 46.5 Å². The van der Waals surface area contributed by atoms with Gasteiger partial charge in [-0.1, -0.05) is 32.4 Å². The highest BCUT2D eigenvalue weighted by molar-refractivity contribution is 6.30. The van der Waals surface area contributed by atoms with E-state index in [-0.39, 0.29) is 11.2 Å². The van der Waals surface area contributed by atoms with Crippen LogP contribution in [0.3, 0.4) is 0 Å². The van der Waals surface area contributed by atoms with Crippen molar-refractivity contribution < 1.29 is 4.39 Å². The fraction of sp³-hybridized carbons (Fsp3) is 0.400. The maximum Gasteiger partial charge on any atom is 0.146 e. The van der Waals surface area contributed by atoms with Crippen molar-refractivity contribution in [2.45, 2.75) is 32.7 Å². The summed E-state index contributed by atoms with van der Waals surface area (Å²) in [4.78, 5) is 0. The second kappa shape index (κ2) is 5.44. The molecule has 5 heteroatoms. The van der Waals surface area contributed by atoms with Gasteiger partial charge >= 0.3 is 0 Å². The normalized spacial score (nSPS) is 11.7. The number of halogens is 2. The first-order valence-corrected chi connectivity index (χ1v) is 6.87. The minimum Gasteiger partial charge on any atom is -0.378 e. The lowest BCUT2D eigenvalue weighted by atomic mass is 9.89. The van der Waals surface area contributed by atoms with Gasteiger partial charge in [-0.25, -0.2) is 4.39 Å². The summed E-state index contributed by atoms with van der Waals surface area (Å²) in [5.41, 5.74) is 2.42. The molecule has 2 aromatic rings. The molecule has 20 heavy (non-hydrogen) atoms. The first-order valence-electron chi connectivity index (χ1n) is 6.49. The van der Waals surface area contributed by atoms with Crippen molar-refractivity contribution in [3.63, 3.8) is 0 Å². The molecular formula is C15H19ClFN3. The predicted octanol–water partition coefficient (Wildman–Crippen LogP) is 4.12.